The summed E-state index contributed by atoms with van der Waals surface area (Å²) in [6.45, 7) is 9.30. The van der Waals surface area contributed by atoms with Gasteiger partial charge in [0.05, 0.1) is 6.54 Å². The minimum Gasteiger partial charge on any atom is -0.338 e. The van der Waals surface area contributed by atoms with E-state index in [0.29, 0.717) is 0 Å². The van der Waals surface area contributed by atoms with Crippen molar-refractivity contribution < 1.29 is 4.52 Å². The fourth-order valence-corrected chi connectivity index (χ4v) is 2.49. The highest BCUT2D eigenvalue weighted by Gasteiger charge is 2.33. The highest BCUT2D eigenvalue weighted by Crippen LogP contribution is 2.28. The number of rotatable bonds is 4. The van der Waals surface area contributed by atoms with E-state index >= 15 is 0 Å². The number of nitrogens with two attached hydrogens (primary N) is 1. The molecule has 102 valence electrons. The van der Waals surface area contributed by atoms with Crippen molar-refractivity contribution in [1.82, 2.24) is 15.0 Å². The summed E-state index contributed by atoms with van der Waals surface area (Å²) in [6.07, 6.45) is 2.97. The molecule has 0 bridgehead atoms. The standard InChI is InChI=1S/C13H24N4O/c1-4-5-11-15-12(18-16-11)8-17-7-6-10(14)13(2,3)9-17/h10H,4-9,14H2,1-3H3. The molecule has 5 heteroatoms. The zero-order chi connectivity index (χ0) is 13.2. The maximum absolute atomic E-state index is 6.13. The van der Waals surface area contributed by atoms with Crippen molar-refractivity contribution in [3.8, 4) is 0 Å². The van der Waals surface area contributed by atoms with Crippen LogP contribution < -0.4 is 5.73 Å². The van der Waals surface area contributed by atoms with E-state index in [1.54, 1.807) is 0 Å². The first-order chi connectivity index (χ1) is 8.51. The van der Waals surface area contributed by atoms with Crippen LogP contribution in [0.5, 0.6) is 0 Å². The predicted molar refractivity (Wildman–Crippen MR) is 69.9 cm³/mol. The first kappa shape index (κ1) is 13.5. The van der Waals surface area contributed by atoms with E-state index in [0.717, 1.165) is 50.6 Å². The van der Waals surface area contributed by atoms with Gasteiger partial charge in [0, 0.05) is 25.6 Å². The minimum absolute atomic E-state index is 0.157. The second-order valence-electron chi connectivity index (χ2n) is 5.95. The van der Waals surface area contributed by atoms with Crippen LogP contribution in [0, 0.1) is 5.41 Å². The lowest BCUT2D eigenvalue weighted by Crippen LogP contribution is -2.52. The van der Waals surface area contributed by atoms with Crippen LogP contribution in [0.3, 0.4) is 0 Å². The van der Waals surface area contributed by atoms with Gasteiger partial charge in [-0.15, -0.1) is 0 Å². The molecule has 1 aromatic rings. The normalized spacial score (nSPS) is 24.3. The van der Waals surface area contributed by atoms with Gasteiger partial charge in [0.2, 0.25) is 5.89 Å². The molecule has 2 N–H and O–H groups in total. The Morgan fingerprint density at radius 2 is 2.28 bits per heavy atom. The molecular formula is C13H24N4O. The Labute approximate surface area is 109 Å². The predicted octanol–water partition coefficient (Wildman–Crippen LogP) is 1.58. The summed E-state index contributed by atoms with van der Waals surface area (Å²) in [6, 6.07) is 0.284. The third-order valence-corrected chi connectivity index (χ3v) is 3.73. The number of nitrogens with zero attached hydrogens (tertiary/aromatic N) is 3. The fraction of sp³-hybridized carbons (Fsp3) is 0.846. The van der Waals surface area contributed by atoms with Gasteiger partial charge in [0.15, 0.2) is 5.82 Å². The summed E-state index contributed by atoms with van der Waals surface area (Å²) in [5.41, 5.74) is 6.29. The van der Waals surface area contributed by atoms with Crippen LogP contribution in [-0.4, -0.2) is 34.2 Å². The Balaban J connectivity index is 1.93. The topological polar surface area (TPSA) is 68.2 Å². The van der Waals surface area contributed by atoms with E-state index in [1.165, 1.54) is 0 Å². The van der Waals surface area contributed by atoms with Gasteiger partial charge in [0.1, 0.15) is 0 Å². The zero-order valence-corrected chi connectivity index (χ0v) is 11.6. The average Bonchev–Trinajstić information content (AvgIpc) is 2.71. The van der Waals surface area contributed by atoms with E-state index in [1.807, 2.05) is 0 Å². The Morgan fingerprint density at radius 1 is 1.50 bits per heavy atom. The molecule has 0 saturated carbocycles. The number of likely N-dealkylation sites (tertiary alicyclic amines) is 1. The SMILES string of the molecule is CCCc1noc(CN2CCC(N)C(C)(C)C2)n1. The Kier molecular flexibility index (Phi) is 4.02. The molecule has 1 aliphatic heterocycles. The molecule has 1 saturated heterocycles. The van der Waals surface area contributed by atoms with Crippen LogP contribution in [0.4, 0.5) is 0 Å². The highest BCUT2D eigenvalue weighted by atomic mass is 16.5. The molecule has 2 heterocycles. The van der Waals surface area contributed by atoms with Gasteiger partial charge in [0.25, 0.3) is 0 Å². The van der Waals surface area contributed by atoms with E-state index in [9.17, 15) is 0 Å². The highest BCUT2D eigenvalue weighted by molar-refractivity contribution is 4.92. The van der Waals surface area contributed by atoms with Gasteiger partial charge >= 0.3 is 0 Å². The van der Waals surface area contributed by atoms with E-state index in [4.69, 9.17) is 10.3 Å². The van der Waals surface area contributed by atoms with Crippen molar-refractivity contribution in [2.75, 3.05) is 13.1 Å². The van der Waals surface area contributed by atoms with E-state index in [-0.39, 0.29) is 11.5 Å². The molecule has 1 atom stereocenters. The molecule has 0 amide bonds. The average molecular weight is 252 g/mol. The van der Waals surface area contributed by atoms with Crippen molar-refractivity contribution in [3.63, 3.8) is 0 Å². The summed E-state index contributed by atoms with van der Waals surface area (Å²) in [5, 5.41) is 3.99. The molecule has 1 unspecified atom stereocenters. The first-order valence-electron chi connectivity index (χ1n) is 6.80. The van der Waals surface area contributed by atoms with Crippen LogP contribution in [0.25, 0.3) is 0 Å². The van der Waals surface area contributed by atoms with E-state index < -0.39 is 0 Å². The van der Waals surface area contributed by atoms with Crippen molar-refractivity contribution in [2.45, 2.75) is 52.6 Å². The monoisotopic (exact) mass is 252 g/mol. The Hall–Kier alpha value is -0.940. The lowest BCUT2D eigenvalue weighted by atomic mass is 9.80. The van der Waals surface area contributed by atoms with Gasteiger partial charge in [-0.05, 0) is 18.3 Å². The second kappa shape index (κ2) is 5.36. The number of aryl methyl sites for hydroxylation is 1. The second-order valence-corrected chi connectivity index (χ2v) is 5.95. The van der Waals surface area contributed by atoms with Crippen molar-refractivity contribution in [1.29, 1.82) is 0 Å². The molecule has 0 spiro atoms. The minimum atomic E-state index is 0.157. The summed E-state index contributed by atoms with van der Waals surface area (Å²) >= 11 is 0. The molecule has 0 radical (unpaired) electrons. The molecule has 5 nitrogen and oxygen atoms in total. The molecule has 0 aromatic carbocycles. The van der Waals surface area contributed by atoms with Crippen LogP contribution in [0.1, 0.15) is 45.3 Å². The zero-order valence-electron chi connectivity index (χ0n) is 11.6. The lowest BCUT2D eigenvalue weighted by Gasteiger charge is -2.42. The molecule has 2 rings (SSSR count). The number of aromatic nitrogens is 2. The van der Waals surface area contributed by atoms with Crippen LogP contribution >= 0.6 is 0 Å². The smallest absolute Gasteiger partial charge is 0.240 e. The van der Waals surface area contributed by atoms with Crippen LogP contribution in [0.15, 0.2) is 4.52 Å². The molecule has 0 aliphatic carbocycles. The number of hydrogen-bond acceptors (Lipinski definition) is 5. The molecule has 18 heavy (non-hydrogen) atoms. The van der Waals surface area contributed by atoms with Crippen molar-refractivity contribution >= 4 is 0 Å². The Morgan fingerprint density at radius 3 is 2.94 bits per heavy atom. The van der Waals surface area contributed by atoms with Gasteiger partial charge in [-0.2, -0.15) is 4.98 Å². The summed E-state index contributed by atoms with van der Waals surface area (Å²) in [4.78, 5) is 6.76. The molecule has 1 fully saturated rings. The van der Waals surface area contributed by atoms with Crippen LogP contribution in [0.2, 0.25) is 0 Å². The quantitative estimate of drug-likeness (QED) is 0.881. The third-order valence-electron chi connectivity index (χ3n) is 3.73. The fourth-order valence-electron chi connectivity index (χ4n) is 2.49. The third kappa shape index (κ3) is 3.09. The summed E-state index contributed by atoms with van der Waals surface area (Å²) in [5.74, 6) is 1.55. The van der Waals surface area contributed by atoms with Gasteiger partial charge < -0.3 is 10.3 Å². The first-order valence-corrected chi connectivity index (χ1v) is 6.80. The maximum atomic E-state index is 6.13. The molecular weight excluding hydrogens is 228 g/mol. The van der Waals surface area contributed by atoms with Crippen LogP contribution in [-0.2, 0) is 13.0 Å². The van der Waals surface area contributed by atoms with Gasteiger partial charge in [-0.1, -0.05) is 25.9 Å². The lowest BCUT2D eigenvalue weighted by molar-refractivity contribution is 0.0811. The van der Waals surface area contributed by atoms with E-state index in [2.05, 4.69) is 35.8 Å². The number of piperidine rings is 1. The van der Waals surface area contributed by atoms with Crippen molar-refractivity contribution in [2.24, 2.45) is 11.1 Å². The number of hydrogen-bond donors (Lipinski definition) is 1. The summed E-state index contributed by atoms with van der Waals surface area (Å²) < 4.78 is 5.28. The van der Waals surface area contributed by atoms with Crippen molar-refractivity contribution in [3.05, 3.63) is 11.7 Å². The molecule has 1 aromatic heterocycles. The largest absolute Gasteiger partial charge is 0.338 e. The Bertz CT molecular complexity index is 388. The summed E-state index contributed by atoms with van der Waals surface area (Å²) in [7, 11) is 0. The maximum Gasteiger partial charge on any atom is 0.240 e. The van der Waals surface area contributed by atoms with Gasteiger partial charge in [-0.3, -0.25) is 4.90 Å². The van der Waals surface area contributed by atoms with Gasteiger partial charge in [-0.25, -0.2) is 0 Å². The molecule has 1 aliphatic rings.